The lowest BCUT2D eigenvalue weighted by Gasteiger charge is -2.32. The number of hydrogen-bond acceptors (Lipinski definition) is 7. The highest BCUT2D eigenvalue weighted by Crippen LogP contribution is 2.33. The lowest BCUT2D eigenvalue weighted by Crippen LogP contribution is -2.54. The molecule has 39 heavy (non-hydrogen) atoms. The molecule has 204 valence electrons. The van der Waals surface area contributed by atoms with E-state index in [2.05, 4.69) is 10.4 Å². The summed E-state index contributed by atoms with van der Waals surface area (Å²) in [6.07, 6.45) is 1.66. The number of carbonyl (C=O) groups is 4. The molecule has 10 heteroatoms. The molecular formula is C29H32N4O6. The van der Waals surface area contributed by atoms with Gasteiger partial charge in [-0.3, -0.25) is 19.2 Å². The maximum atomic E-state index is 13.8. The van der Waals surface area contributed by atoms with Crippen LogP contribution in [0.2, 0.25) is 0 Å². The second kappa shape index (κ2) is 12.4. The molecular weight excluding hydrogens is 500 g/mol. The number of esters is 2. The molecule has 0 radical (unpaired) electrons. The first-order chi connectivity index (χ1) is 18.7. The van der Waals surface area contributed by atoms with Gasteiger partial charge in [0.05, 0.1) is 17.8 Å². The normalized spacial score (nSPS) is 17.1. The van der Waals surface area contributed by atoms with Crippen LogP contribution in [0.1, 0.15) is 56.8 Å². The van der Waals surface area contributed by atoms with Crippen LogP contribution in [0.25, 0.3) is 5.69 Å². The monoisotopic (exact) mass is 532 g/mol. The Morgan fingerprint density at radius 1 is 0.923 bits per heavy atom. The minimum absolute atomic E-state index is 0.245. The summed E-state index contributed by atoms with van der Waals surface area (Å²) in [5.74, 6) is -2.88. The minimum atomic E-state index is -1.67. The summed E-state index contributed by atoms with van der Waals surface area (Å²) in [6, 6.07) is 18.0. The van der Waals surface area contributed by atoms with Gasteiger partial charge >= 0.3 is 11.9 Å². The summed E-state index contributed by atoms with van der Waals surface area (Å²) in [5.41, 5.74) is 2.56. The predicted molar refractivity (Wildman–Crippen MR) is 141 cm³/mol. The zero-order valence-corrected chi connectivity index (χ0v) is 22.2. The fraction of sp³-hybridized carbons (Fsp3) is 0.345. The third-order valence-corrected chi connectivity index (χ3v) is 6.60. The molecule has 1 saturated heterocycles. The molecule has 10 nitrogen and oxygen atoms in total. The molecule has 1 aliphatic heterocycles. The van der Waals surface area contributed by atoms with Gasteiger partial charge < -0.3 is 19.7 Å². The average Bonchev–Trinajstić information content (AvgIpc) is 3.63. The van der Waals surface area contributed by atoms with E-state index in [1.807, 2.05) is 66.9 Å². The summed E-state index contributed by atoms with van der Waals surface area (Å²) in [5, 5.41) is 7.00. The van der Waals surface area contributed by atoms with E-state index in [9.17, 15) is 19.2 Å². The Balaban J connectivity index is 1.55. The fourth-order valence-corrected chi connectivity index (χ4v) is 4.78. The Labute approximate surface area is 226 Å². The average molecular weight is 533 g/mol. The topological polar surface area (TPSA) is 120 Å². The highest BCUT2D eigenvalue weighted by Gasteiger charge is 2.44. The van der Waals surface area contributed by atoms with E-state index in [0.717, 1.165) is 43.5 Å². The number of benzene rings is 2. The van der Waals surface area contributed by atoms with Crippen LogP contribution in [0.3, 0.4) is 0 Å². The standard InChI is InChI=1S/C29H32N4O6/c1-19(22-12-14-24(15-13-22)33-18-8-16-30-33)31-28(36)26(38-20(2)34)27(39-21(3)35)29(37)32-17-7-11-25(32)23-9-5-4-6-10-23/h4-6,8-10,12-16,18-19,25-27H,7,11,17H2,1-3H3,(H,31,36)/t19-,25?,26?,27?/m1/s1. The summed E-state index contributed by atoms with van der Waals surface area (Å²) < 4.78 is 12.4. The first kappa shape index (κ1) is 27.6. The van der Waals surface area contributed by atoms with E-state index in [1.165, 1.54) is 0 Å². The number of carbonyl (C=O) groups excluding carboxylic acids is 4. The van der Waals surface area contributed by atoms with Crippen LogP contribution in [-0.4, -0.2) is 57.2 Å². The molecule has 3 aromatic rings. The first-order valence-corrected chi connectivity index (χ1v) is 12.8. The molecule has 4 rings (SSSR count). The summed E-state index contributed by atoms with van der Waals surface area (Å²) >= 11 is 0. The Hall–Kier alpha value is -4.47. The third-order valence-electron chi connectivity index (χ3n) is 6.60. The number of amides is 2. The molecule has 0 saturated carbocycles. The summed E-state index contributed by atoms with van der Waals surface area (Å²) in [6.45, 7) is 4.46. The molecule has 1 N–H and O–H groups in total. The molecule has 1 fully saturated rings. The largest absolute Gasteiger partial charge is 0.448 e. The first-order valence-electron chi connectivity index (χ1n) is 12.8. The van der Waals surface area contributed by atoms with E-state index in [4.69, 9.17) is 9.47 Å². The van der Waals surface area contributed by atoms with Crippen molar-refractivity contribution in [3.05, 3.63) is 84.2 Å². The van der Waals surface area contributed by atoms with Gasteiger partial charge in [0.2, 0.25) is 12.2 Å². The molecule has 0 spiro atoms. The lowest BCUT2D eigenvalue weighted by atomic mass is 10.0. The summed E-state index contributed by atoms with van der Waals surface area (Å²) in [7, 11) is 0. The number of ether oxygens (including phenoxy) is 2. The molecule has 2 heterocycles. The highest BCUT2D eigenvalue weighted by atomic mass is 16.6. The van der Waals surface area contributed by atoms with Gasteiger partial charge in [-0.2, -0.15) is 5.10 Å². The fourth-order valence-electron chi connectivity index (χ4n) is 4.78. The lowest BCUT2D eigenvalue weighted by molar-refractivity contribution is -0.178. The smallest absolute Gasteiger partial charge is 0.303 e. The third kappa shape index (κ3) is 6.70. The SMILES string of the molecule is CC(=O)OC(C(=O)N[C@H](C)c1ccc(-n2cccn2)cc1)C(OC(C)=O)C(=O)N1CCCC1c1ccccc1. The van der Waals surface area contributed by atoms with Gasteiger partial charge in [0.1, 0.15) is 0 Å². The van der Waals surface area contributed by atoms with Gasteiger partial charge in [0.25, 0.3) is 11.8 Å². The van der Waals surface area contributed by atoms with Crippen LogP contribution in [0.4, 0.5) is 0 Å². The van der Waals surface area contributed by atoms with Crippen LogP contribution >= 0.6 is 0 Å². The molecule has 2 aromatic carbocycles. The van der Waals surface area contributed by atoms with Gasteiger partial charge in [-0.25, -0.2) is 4.68 Å². The second-order valence-electron chi connectivity index (χ2n) is 9.43. The number of rotatable bonds is 9. The van der Waals surface area contributed by atoms with Crippen LogP contribution in [0.15, 0.2) is 73.1 Å². The maximum absolute atomic E-state index is 13.8. The maximum Gasteiger partial charge on any atom is 0.303 e. The quantitative estimate of drug-likeness (QED) is 0.420. The zero-order chi connectivity index (χ0) is 27.9. The van der Waals surface area contributed by atoms with E-state index >= 15 is 0 Å². The van der Waals surface area contributed by atoms with Crippen molar-refractivity contribution in [1.29, 1.82) is 0 Å². The van der Waals surface area contributed by atoms with Crippen molar-refractivity contribution in [1.82, 2.24) is 20.0 Å². The zero-order valence-electron chi connectivity index (χ0n) is 22.2. The van der Waals surface area contributed by atoms with Crippen molar-refractivity contribution in [2.45, 2.75) is 57.9 Å². The molecule has 1 aromatic heterocycles. The van der Waals surface area contributed by atoms with Crippen LogP contribution in [0, 0.1) is 0 Å². The van der Waals surface area contributed by atoms with Crippen molar-refractivity contribution < 1.29 is 28.7 Å². The Morgan fingerprint density at radius 3 is 2.21 bits per heavy atom. The predicted octanol–water partition coefficient (Wildman–Crippen LogP) is 3.28. The molecule has 3 unspecified atom stereocenters. The second-order valence-corrected chi connectivity index (χ2v) is 9.43. The molecule has 1 aliphatic rings. The van der Waals surface area contributed by atoms with Crippen LogP contribution in [0.5, 0.6) is 0 Å². The van der Waals surface area contributed by atoms with Gasteiger partial charge in [0, 0.05) is 32.8 Å². The van der Waals surface area contributed by atoms with Crippen molar-refractivity contribution in [2.24, 2.45) is 0 Å². The molecule has 4 atom stereocenters. The van der Waals surface area contributed by atoms with E-state index in [1.54, 1.807) is 22.7 Å². The minimum Gasteiger partial charge on any atom is -0.448 e. The molecule has 0 bridgehead atoms. The van der Waals surface area contributed by atoms with Crippen molar-refractivity contribution >= 4 is 23.8 Å². The number of hydrogen-bond donors (Lipinski definition) is 1. The Bertz CT molecular complexity index is 1290. The number of nitrogens with one attached hydrogen (secondary N) is 1. The van der Waals surface area contributed by atoms with E-state index < -0.39 is 42.0 Å². The van der Waals surface area contributed by atoms with Gasteiger partial charge in [0.15, 0.2) is 0 Å². The van der Waals surface area contributed by atoms with Crippen molar-refractivity contribution in [3.63, 3.8) is 0 Å². The van der Waals surface area contributed by atoms with Gasteiger partial charge in [-0.15, -0.1) is 0 Å². The molecule has 0 aliphatic carbocycles. The Kier molecular flexibility index (Phi) is 8.75. The number of nitrogens with zero attached hydrogens (tertiary/aromatic N) is 3. The van der Waals surface area contributed by atoms with Gasteiger partial charge in [-0.05, 0) is 49.1 Å². The van der Waals surface area contributed by atoms with Crippen molar-refractivity contribution in [2.75, 3.05) is 6.54 Å². The number of aromatic nitrogens is 2. The van der Waals surface area contributed by atoms with E-state index in [0.29, 0.717) is 6.54 Å². The van der Waals surface area contributed by atoms with Crippen LogP contribution in [-0.2, 0) is 28.7 Å². The number of likely N-dealkylation sites (tertiary alicyclic amines) is 1. The summed E-state index contributed by atoms with van der Waals surface area (Å²) in [4.78, 5) is 52.8. The molecule has 2 amide bonds. The van der Waals surface area contributed by atoms with Gasteiger partial charge in [-0.1, -0.05) is 42.5 Å². The Morgan fingerprint density at radius 2 is 1.59 bits per heavy atom. The highest BCUT2D eigenvalue weighted by molar-refractivity contribution is 5.94. The van der Waals surface area contributed by atoms with Crippen molar-refractivity contribution in [3.8, 4) is 5.69 Å². The van der Waals surface area contributed by atoms with E-state index in [-0.39, 0.29) is 6.04 Å². The van der Waals surface area contributed by atoms with Crippen LogP contribution < -0.4 is 5.32 Å².